The second-order valence-corrected chi connectivity index (χ2v) is 9.92. The highest BCUT2D eigenvalue weighted by Crippen LogP contribution is 2.45. The van der Waals surface area contributed by atoms with E-state index in [-0.39, 0.29) is 5.91 Å². The minimum Gasteiger partial charge on any atom is -0.492 e. The van der Waals surface area contributed by atoms with Crippen molar-refractivity contribution in [1.29, 1.82) is 5.26 Å². The number of benzene rings is 2. The van der Waals surface area contributed by atoms with Crippen LogP contribution in [0.25, 0.3) is 0 Å². The van der Waals surface area contributed by atoms with Crippen molar-refractivity contribution in [2.24, 2.45) is 0 Å². The summed E-state index contributed by atoms with van der Waals surface area (Å²) in [4.78, 5) is 17.6. The summed E-state index contributed by atoms with van der Waals surface area (Å²) in [6.45, 7) is 11.8. The maximum atomic E-state index is 12.9. The summed E-state index contributed by atoms with van der Waals surface area (Å²) in [6.07, 6.45) is 3.50. The monoisotopic (exact) mass is 456 g/mol. The molecule has 0 atom stereocenters. The third-order valence-electron chi connectivity index (χ3n) is 7.58. The minimum atomic E-state index is -0.510. The van der Waals surface area contributed by atoms with E-state index in [2.05, 4.69) is 59.8 Å². The maximum Gasteiger partial charge on any atom is 0.235 e. The van der Waals surface area contributed by atoms with E-state index in [4.69, 9.17) is 4.74 Å². The van der Waals surface area contributed by atoms with Gasteiger partial charge in [-0.15, -0.1) is 0 Å². The predicted molar refractivity (Wildman–Crippen MR) is 134 cm³/mol. The largest absolute Gasteiger partial charge is 0.492 e. The average Bonchev–Trinajstić information content (AvgIpc) is 3.10. The van der Waals surface area contributed by atoms with Crippen LogP contribution in [-0.4, -0.2) is 43.1 Å². The zero-order valence-electron chi connectivity index (χ0n) is 20.1. The second-order valence-electron chi connectivity index (χ2n) is 9.92. The Bertz CT molecular complexity index is 1170. The van der Waals surface area contributed by atoms with Crippen LogP contribution in [0.15, 0.2) is 48.7 Å². The third-order valence-corrected chi connectivity index (χ3v) is 7.58. The molecule has 0 aliphatic carbocycles. The van der Waals surface area contributed by atoms with Crippen LogP contribution in [0.4, 0.5) is 11.4 Å². The Labute approximate surface area is 201 Å². The Morgan fingerprint density at radius 2 is 1.97 bits per heavy atom. The molecule has 5 rings (SSSR count). The summed E-state index contributed by atoms with van der Waals surface area (Å²) >= 11 is 0. The molecule has 1 fully saturated rings. The number of carbonyl (C=O) groups excluding carboxylic acids is 1. The van der Waals surface area contributed by atoms with Crippen molar-refractivity contribution >= 4 is 17.3 Å². The Hall–Kier alpha value is -3.30. The van der Waals surface area contributed by atoms with Crippen LogP contribution in [0.2, 0.25) is 0 Å². The van der Waals surface area contributed by atoms with Gasteiger partial charge in [-0.2, -0.15) is 5.26 Å². The summed E-state index contributed by atoms with van der Waals surface area (Å²) < 4.78 is 6.12. The van der Waals surface area contributed by atoms with Gasteiger partial charge >= 0.3 is 0 Å². The van der Waals surface area contributed by atoms with E-state index in [1.807, 2.05) is 12.1 Å². The highest BCUT2D eigenvalue weighted by Gasteiger charge is 2.48. The molecule has 0 saturated carbocycles. The topological polar surface area (TPSA) is 68.6 Å². The summed E-state index contributed by atoms with van der Waals surface area (Å²) in [5.74, 6) is 0.984. The lowest BCUT2D eigenvalue weighted by Crippen LogP contribution is -2.47. The number of nitrogens with zero attached hydrogens (tertiary/aromatic N) is 3. The van der Waals surface area contributed by atoms with Crippen molar-refractivity contribution < 1.29 is 9.53 Å². The Balaban J connectivity index is 1.18. The quantitative estimate of drug-likeness (QED) is 0.712. The Kier molecular flexibility index (Phi) is 5.83. The van der Waals surface area contributed by atoms with Gasteiger partial charge in [-0.1, -0.05) is 6.58 Å². The molecule has 176 valence electrons. The molecule has 2 aromatic rings. The number of ether oxygens (including phenoxy) is 1. The van der Waals surface area contributed by atoms with Gasteiger partial charge in [0.05, 0.1) is 17.0 Å². The second kappa shape index (κ2) is 8.81. The van der Waals surface area contributed by atoms with Crippen LogP contribution in [0.1, 0.15) is 49.8 Å². The number of piperidine rings is 1. The summed E-state index contributed by atoms with van der Waals surface area (Å²) in [5, 5.41) is 12.3. The normalized spacial score (nSPS) is 19.1. The fraction of sp³-hybridized carbons (Fsp3) is 0.429. The smallest absolute Gasteiger partial charge is 0.235 e. The molecule has 6 heteroatoms. The first-order valence-corrected chi connectivity index (χ1v) is 12.2. The zero-order valence-corrected chi connectivity index (χ0v) is 20.1. The van der Waals surface area contributed by atoms with Crippen LogP contribution < -0.4 is 15.0 Å². The van der Waals surface area contributed by atoms with Gasteiger partial charge in [-0.3, -0.25) is 9.69 Å². The van der Waals surface area contributed by atoms with Crippen molar-refractivity contribution in [2.45, 2.75) is 51.0 Å². The van der Waals surface area contributed by atoms with Crippen molar-refractivity contribution in [1.82, 2.24) is 4.90 Å². The number of aryl methyl sites for hydroxylation is 1. The number of carbonyl (C=O) groups is 1. The van der Waals surface area contributed by atoms with E-state index in [1.165, 1.54) is 16.9 Å². The SMILES string of the molecule is C=C1CCc2cc(OCCN3CCC4(CC3)C(=O)Nc3ccc(C#N)cc34)ccc2N1C(C)C. The number of nitrogens with one attached hydrogen (secondary N) is 1. The van der Waals surface area contributed by atoms with Gasteiger partial charge in [0, 0.05) is 29.7 Å². The number of likely N-dealkylation sites (tertiary alicyclic amines) is 1. The maximum absolute atomic E-state index is 12.9. The number of anilines is 2. The molecule has 0 unspecified atom stereocenters. The van der Waals surface area contributed by atoms with Crippen LogP contribution in [-0.2, 0) is 16.6 Å². The van der Waals surface area contributed by atoms with E-state index < -0.39 is 5.41 Å². The van der Waals surface area contributed by atoms with Crippen molar-refractivity contribution in [2.75, 3.05) is 36.5 Å². The predicted octanol–water partition coefficient (Wildman–Crippen LogP) is 4.60. The number of allylic oxidation sites excluding steroid dienone is 1. The van der Waals surface area contributed by atoms with Crippen molar-refractivity contribution in [3.05, 3.63) is 65.4 Å². The zero-order chi connectivity index (χ0) is 23.9. The van der Waals surface area contributed by atoms with Crippen LogP contribution in [0.5, 0.6) is 5.75 Å². The molecule has 1 spiro atoms. The molecule has 3 aliphatic rings. The Morgan fingerprint density at radius 1 is 1.18 bits per heavy atom. The summed E-state index contributed by atoms with van der Waals surface area (Å²) in [7, 11) is 0. The van der Waals surface area contributed by atoms with Gasteiger partial charge in [0.1, 0.15) is 12.4 Å². The minimum absolute atomic E-state index is 0.0701. The van der Waals surface area contributed by atoms with Crippen LogP contribution in [0.3, 0.4) is 0 Å². The van der Waals surface area contributed by atoms with E-state index in [9.17, 15) is 10.1 Å². The van der Waals surface area contributed by atoms with Crippen LogP contribution >= 0.6 is 0 Å². The van der Waals surface area contributed by atoms with Crippen molar-refractivity contribution in [3.63, 3.8) is 0 Å². The summed E-state index contributed by atoms with van der Waals surface area (Å²) in [5.41, 5.74) is 5.69. The molecular weight excluding hydrogens is 424 g/mol. The lowest BCUT2D eigenvalue weighted by atomic mass is 9.73. The first-order valence-electron chi connectivity index (χ1n) is 12.2. The number of fused-ring (bicyclic) bond motifs is 3. The number of rotatable bonds is 5. The third kappa shape index (κ3) is 3.84. The molecule has 3 heterocycles. The van der Waals surface area contributed by atoms with E-state index in [0.29, 0.717) is 18.2 Å². The van der Waals surface area contributed by atoms with Gasteiger partial charge in [-0.05, 0) is 100 Å². The highest BCUT2D eigenvalue weighted by atomic mass is 16.5. The fourth-order valence-electron chi connectivity index (χ4n) is 5.73. The number of hydrogen-bond donors (Lipinski definition) is 1. The molecule has 0 aromatic heterocycles. The fourth-order valence-corrected chi connectivity index (χ4v) is 5.73. The summed E-state index contributed by atoms with van der Waals surface area (Å²) in [6, 6.07) is 14.5. The van der Waals surface area contributed by atoms with Crippen LogP contribution in [0, 0.1) is 11.3 Å². The number of amides is 1. The molecule has 1 N–H and O–H groups in total. The molecule has 0 radical (unpaired) electrons. The highest BCUT2D eigenvalue weighted by molar-refractivity contribution is 6.06. The molecular formula is C28H32N4O2. The van der Waals surface area contributed by atoms with Gasteiger partial charge in [0.2, 0.25) is 5.91 Å². The molecule has 1 amide bonds. The van der Waals surface area contributed by atoms with E-state index in [0.717, 1.165) is 62.3 Å². The van der Waals surface area contributed by atoms with E-state index >= 15 is 0 Å². The molecule has 1 saturated heterocycles. The number of hydrogen-bond acceptors (Lipinski definition) is 5. The molecule has 2 aromatic carbocycles. The van der Waals surface area contributed by atoms with Gasteiger partial charge in [0.25, 0.3) is 0 Å². The van der Waals surface area contributed by atoms with Crippen molar-refractivity contribution in [3.8, 4) is 11.8 Å². The van der Waals surface area contributed by atoms with Gasteiger partial charge in [0.15, 0.2) is 0 Å². The number of nitriles is 1. The lowest BCUT2D eigenvalue weighted by Gasteiger charge is -2.38. The Morgan fingerprint density at radius 3 is 2.71 bits per heavy atom. The average molecular weight is 457 g/mol. The molecule has 0 bridgehead atoms. The standard InChI is InChI=1S/C28H32N4O2/c1-19(2)32-20(3)4-6-22-17-23(7-9-26(22)32)34-15-14-31-12-10-28(11-13-31)24-16-21(18-29)5-8-25(24)30-27(28)33/h5,7-9,16-17,19H,3-4,6,10-15H2,1-2H3,(H,30,33). The van der Waals surface area contributed by atoms with Gasteiger partial charge in [-0.25, -0.2) is 0 Å². The molecule has 34 heavy (non-hydrogen) atoms. The first-order chi connectivity index (χ1) is 16.4. The lowest BCUT2D eigenvalue weighted by molar-refractivity contribution is -0.122. The van der Waals surface area contributed by atoms with Gasteiger partial charge < -0.3 is 15.0 Å². The first kappa shape index (κ1) is 22.5. The molecule has 6 nitrogen and oxygen atoms in total. The molecule has 3 aliphatic heterocycles. The van der Waals surface area contributed by atoms with E-state index in [1.54, 1.807) is 6.07 Å².